The van der Waals surface area contributed by atoms with Crippen molar-refractivity contribution in [3.8, 4) is 0 Å². The molecule has 1 aliphatic rings. The first-order chi connectivity index (χ1) is 9.52. The zero-order valence-electron chi connectivity index (χ0n) is 14.5. The third-order valence-electron chi connectivity index (χ3n) is 4.27. The summed E-state index contributed by atoms with van der Waals surface area (Å²) < 4.78 is 0. The highest BCUT2D eigenvalue weighted by atomic mass is 127. The molecule has 1 aliphatic heterocycles. The van der Waals surface area contributed by atoms with Gasteiger partial charge in [0.05, 0.1) is 0 Å². The van der Waals surface area contributed by atoms with E-state index in [1.807, 2.05) is 7.05 Å². The fourth-order valence-electron chi connectivity index (χ4n) is 2.58. The van der Waals surface area contributed by atoms with Crippen LogP contribution >= 0.6 is 24.0 Å². The molecule has 0 bridgehead atoms. The van der Waals surface area contributed by atoms with Crippen LogP contribution in [-0.4, -0.2) is 50.1 Å². The summed E-state index contributed by atoms with van der Waals surface area (Å²) >= 11 is 0. The Kier molecular flexibility index (Phi) is 11.5. The van der Waals surface area contributed by atoms with E-state index in [0.29, 0.717) is 12.0 Å². The van der Waals surface area contributed by atoms with Gasteiger partial charge in [-0.15, -0.1) is 24.0 Å². The highest BCUT2D eigenvalue weighted by Crippen LogP contribution is 2.15. The standard InChI is InChI=1S/C16H34N4.HI/c1-13(2)15(4)19-16(17-5)18-9-7-11-20-10-6-8-14(3)12-20;/h13-15H,6-12H2,1-5H3,(H2,17,18,19);1H. The first-order valence-electron chi connectivity index (χ1n) is 8.22. The molecule has 5 heteroatoms. The van der Waals surface area contributed by atoms with Crippen LogP contribution in [0.1, 0.15) is 47.0 Å². The van der Waals surface area contributed by atoms with Gasteiger partial charge in [0, 0.05) is 26.2 Å². The smallest absolute Gasteiger partial charge is 0.191 e. The molecule has 0 aliphatic carbocycles. The molecule has 0 aromatic heterocycles. The van der Waals surface area contributed by atoms with E-state index in [1.54, 1.807) is 0 Å². The number of aliphatic imine (C=N–C) groups is 1. The molecule has 1 fully saturated rings. The van der Waals surface area contributed by atoms with Gasteiger partial charge in [-0.2, -0.15) is 0 Å². The fourth-order valence-corrected chi connectivity index (χ4v) is 2.58. The largest absolute Gasteiger partial charge is 0.356 e. The number of nitrogens with one attached hydrogen (secondary N) is 2. The van der Waals surface area contributed by atoms with E-state index in [2.05, 4.69) is 48.2 Å². The van der Waals surface area contributed by atoms with Crippen molar-refractivity contribution in [2.75, 3.05) is 33.2 Å². The molecule has 4 nitrogen and oxygen atoms in total. The topological polar surface area (TPSA) is 39.7 Å². The van der Waals surface area contributed by atoms with Crippen LogP contribution in [0.3, 0.4) is 0 Å². The first kappa shape index (κ1) is 21.0. The van der Waals surface area contributed by atoms with Gasteiger partial charge in [0.1, 0.15) is 0 Å². The van der Waals surface area contributed by atoms with Crippen LogP contribution in [0.25, 0.3) is 0 Å². The third-order valence-corrected chi connectivity index (χ3v) is 4.27. The van der Waals surface area contributed by atoms with Crippen molar-refractivity contribution in [2.45, 2.75) is 53.0 Å². The number of rotatable bonds is 6. The van der Waals surface area contributed by atoms with Crippen LogP contribution in [0.2, 0.25) is 0 Å². The third kappa shape index (κ3) is 8.86. The van der Waals surface area contributed by atoms with Gasteiger partial charge in [0.25, 0.3) is 0 Å². The van der Waals surface area contributed by atoms with E-state index >= 15 is 0 Å². The van der Waals surface area contributed by atoms with Gasteiger partial charge >= 0.3 is 0 Å². The average molecular weight is 410 g/mol. The molecule has 0 amide bonds. The van der Waals surface area contributed by atoms with Crippen molar-refractivity contribution in [1.29, 1.82) is 0 Å². The summed E-state index contributed by atoms with van der Waals surface area (Å²) in [7, 11) is 1.84. The summed E-state index contributed by atoms with van der Waals surface area (Å²) in [6.45, 7) is 13.8. The normalized spacial score (nSPS) is 21.8. The van der Waals surface area contributed by atoms with Gasteiger partial charge in [0.15, 0.2) is 5.96 Å². The molecule has 0 aromatic carbocycles. The molecule has 2 unspecified atom stereocenters. The number of likely N-dealkylation sites (tertiary alicyclic amines) is 1. The molecule has 0 aromatic rings. The fraction of sp³-hybridized carbons (Fsp3) is 0.938. The van der Waals surface area contributed by atoms with Crippen LogP contribution in [0.15, 0.2) is 4.99 Å². The van der Waals surface area contributed by atoms with Crippen LogP contribution in [0, 0.1) is 11.8 Å². The Balaban J connectivity index is 0.00000400. The summed E-state index contributed by atoms with van der Waals surface area (Å²) in [6, 6.07) is 0.448. The zero-order valence-corrected chi connectivity index (χ0v) is 16.8. The monoisotopic (exact) mass is 410 g/mol. The Morgan fingerprint density at radius 1 is 1.33 bits per heavy atom. The first-order valence-corrected chi connectivity index (χ1v) is 8.22. The van der Waals surface area contributed by atoms with E-state index in [-0.39, 0.29) is 24.0 Å². The maximum Gasteiger partial charge on any atom is 0.191 e. The summed E-state index contributed by atoms with van der Waals surface area (Å²) in [5.74, 6) is 2.42. The molecular weight excluding hydrogens is 375 g/mol. The van der Waals surface area contributed by atoms with E-state index in [1.165, 1.54) is 38.9 Å². The van der Waals surface area contributed by atoms with Crippen LogP contribution in [-0.2, 0) is 0 Å². The minimum atomic E-state index is 0. The quantitative estimate of drug-likeness (QED) is 0.306. The second-order valence-electron chi connectivity index (χ2n) is 6.58. The molecule has 1 saturated heterocycles. The van der Waals surface area contributed by atoms with Crippen LogP contribution < -0.4 is 10.6 Å². The van der Waals surface area contributed by atoms with Crippen molar-refractivity contribution in [1.82, 2.24) is 15.5 Å². The molecule has 2 atom stereocenters. The van der Waals surface area contributed by atoms with Crippen molar-refractivity contribution in [3.05, 3.63) is 0 Å². The van der Waals surface area contributed by atoms with Crippen molar-refractivity contribution < 1.29 is 0 Å². The van der Waals surface area contributed by atoms with E-state index in [9.17, 15) is 0 Å². The van der Waals surface area contributed by atoms with E-state index in [4.69, 9.17) is 0 Å². The Morgan fingerprint density at radius 3 is 2.62 bits per heavy atom. The Morgan fingerprint density at radius 2 is 2.05 bits per heavy atom. The summed E-state index contributed by atoms with van der Waals surface area (Å²) in [6.07, 6.45) is 3.95. The maximum atomic E-state index is 4.29. The minimum absolute atomic E-state index is 0. The number of guanidine groups is 1. The number of halogens is 1. The number of piperidine rings is 1. The SMILES string of the molecule is CN=C(NCCCN1CCCC(C)C1)NC(C)C(C)C.I. The van der Waals surface area contributed by atoms with E-state index < -0.39 is 0 Å². The molecule has 21 heavy (non-hydrogen) atoms. The Hall–Kier alpha value is -0.0400. The average Bonchev–Trinajstić information content (AvgIpc) is 2.41. The van der Waals surface area contributed by atoms with Gasteiger partial charge in [-0.3, -0.25) is 4.99 Å². The van der Waals surface area contributed by atoms with Gasteiger partial charge in [0.2, 0.25) is 0 Å². The molecule has 0 radical (unpaired) electrons. The number of hydrogen-bond donors (Lipinski definition) is 2. The lowest BCUT2D eigenvalue weighted by Gasteiger charge is -2.30. The summed E-state index contributed by atoms with van der Waals surface area (Å²) in [5.41, 5.74) is 0. The molecule has 0 spiro atoms. The number of hydrogen-bond acceptors (Lipinski definition) is 2. The maximum absolute atomic E-state index is 4.29. The second-order valence-corrected chi connectivity index (χ2v) is 6.58. The lowest BCUT2D eigenvalue weighted by atomic mass is 10.0. The van der Waals surface area contributed by atoms with Crippen molar-refractivity contribution >= 4 is 29.9 Å². The zero-order chi connectivity index (χ0) is 15.0. The summed E-state index contributed by atoms with van der Waals surface area (Å²) in [5, 5.41) is 6.86. The number of nitrogens with zero attached hydrogens (tertiary/aromatic N) is 2. The van der Waals surface area contributed by atoms with Gasteiger partial charge in [-0.1, -0.05) is 20.8 Å². The van der Waals surface area contributed by atoms with Gasteiger partial charge in [-0.05, 0) is 51.1 Å². The van der Waals surface area contributed by atoms with Crippen LogP contribution in [0.5, 0.6) is 0 Å². The molecular formula is C16H35IN4. The van der Waals surface area contributed by atoms with E-state index in [0.717, 1.165) is 18.4 Å². The molecule has 126 valence electrons. The highest BCUT2D eigenvalue weighted by Gasteiger charge is 2.15. The second kappa shape index (κ2) is 11.5. The molecule has 0 saturated carbocycles. The van der Waals surface area contributed by atoms with Gasteiger partial charge in [-0.25, -0.2) is 0 Å². The van der Waals surface area contributed by atoms with Gasteiger partial charge < -0.3 is 15.5 Å². The van der Waals surface area contributed by atoms with Crippen molar-refractivity contribution in [2.24, 2.45) is 16.8 Å². The van der Waals surface area contributed by atoms with Crippen LogP contribution in [0.4, 0.5) is 0 Å². The Bertz CT molecular complexity index is 294. The highest BCUT2D eigenvalue weighted by molar-refractivity contribution is 14.0. The molecule has 2 N–H and O–H groups in total. The molecule has 1 rings (SSSR count). The molecule has 1 heterocycles. The predicted octanol–water partition coefficient (Wildman–Crippen LogP) is 2.94. The minimum Gasteiger partial charge on any atom is -0.356 e. The lowest BCUT2D eigenvalue weighted by molar-refractivity contribution is 0.182. The Labute approximate surface area is 148 Å². The predicted molar refractivity (Wildman–Crippen MR) is 104 cm³/mol. The van der Waals surface area contributed by atoms with Crippen molar-refractivity contribution in [3.63, 3.8) is 0 Å². The lowest BCUT2D eigenvalue weighted by Crippen LogP contribution is -2.45. The summed E-state index contributed by atoms with van der Waals surface area (Å²) in [4.78, 5) is 6.89.